The third kappa shape index (κ3) is 4.35. The van der Waals surface area contributed by atoms with Crippen molar-refractivity contribution < 1.29 is 18.3 Å². The largest absolute Gasteiger partial charge is 0.416 e. The van der Waals surface area contributed by atoms with Crippen molar-refractivity contribution in [3.8, 4) is 0 Å². The number of halogens is 3. The first kappa shape index (κ1) is 16.1. The van der Waals surface area contributed by atoms with Crippen molar-refractivity contribution in [2.75, 3.05) is 24.6 Å². The van der Waals surface area contributed by atoms with Gasteiger partial charge in [-0.2, -0.15) is 13.2 Å². The smallest absolute Gasteiger partial charge is 0.396 e. The minimum Gasteiger partial charge on any atom is -0.396 e. The molecule has 0 spiro atoms. The summed E-state index contributed by atoms with van der Waals surface area (Å²) < 4.78 is 37.7. The monoisotopic (exact) mass is 302 g/mol. The summed E-state index contributed by atoms with van der Waals surface area (Å²) in [5.74, 6) is 0.378. The van der Waals surface area contributed by atoms with Crippen LogP contribution >= 0.6 is 0 Å². The van der Waals surface area contributed by atoms with Crippen LogP contribution < -0.4 is 10.6 Å². The third-order valence-electron chi connectivity index (χ3n) is 3.90. The highest BCUT2D eigenvalue weighted by atomic mass is 19.4. The molecule has 1 heterocycles. The van der Waals surface area contributed by atoms with Crippen LogP contribution in [0.5, 0.6) is 0 Å². The Labute approximate surface area is 122 Å². The van der Waals surface area contributed by atoms with Crippen LogP contribution in [0.2, 0.25) is 0 Å². The number of hydrogen-bond donors (Lipinski definition) is 2. The number of nitrogens with two attached hydrogens (primary N) is 1. The minimum absolute atomic E-state index is 0.0183. The summed E-state index contributed by atoms with van der Waals surface area (Å²) in [4.78, 5) is 2.04. The molecule has 1 aliphatic rings. The van der Waals surface area contributed by atoms with Crippen LogP contribution in [0.1, 0.15) is 24.8 Å². The van der Waals surface area contributed by atoms with E-state index in [-0.39, 0.29) is 12.6 Å². The minimum atomic E-state index is -4.31. The second kappa shape index (κ2) is 6.66. The van der Waals surface area contributed by atoms with Gasteiger partial charge in [-0.05, 0) is 49.4 Å². The molecule has 118 valence electrons. The van der Waals surface area contributed by atoms with Gasteiger partial charge in [-0.3, -0.25) is 0 Å². The molecule has 3 N–H and O–H groups in total. The number of anilines is 1. The molecular formula is C15H21F3N2O. The van der Waals surface area contributed by atoms with E-state index < -0.39 is 11.7 Å². The summed E-state index contributed by atoms with van der Waals surface area (Å²) in [6.07, 6.45) is -1.78. The summed E-state index contributed by atoms with van der Waals surface area (Å²) in [6, 6.07) is 5.24. The molecular weight excluding hydrogens is 281 g/mol. The maximum atomic E-state index is 12.6. The lowest BCUT2D eigenvalue weighted by Crippen LogP contribution is -2.47. The Balaban J connectivity index is 2.06. The molecule has 0 saturated carbocycles. The lowest BCUT2D eigenvalue weighted by atomic mass is 9.90. The normalized spacial score (nSPS) is 23.4. The predicted molar refractivity (Wildman–Crippen MR) is 76.1 cm³/mol. The second-order valence-corrected chi connectivity index (χ2v) is 5.68. The van der Waals surface area contributed by atoms with Gasteiger partial charge in [-0.1, -0.05) is 0 Å². The Morgan fingerprint density at radius 3 is 2.43 bits per heavy atom. The predicted octanol–water partition coefficient (Wildman–Crippen LogP) is 2.63. The number of aliphatic hydroxyl groups excluding tert-OH is 1. The van der Waals surface area contributed by atoms with Crippen molar-refractivity contribution in [2.24, 2.45) is 11.7 Å². The molecule has 0 aromatic heterocycles. The SMILES string of the molecule is NC1CC(CCCO)CN(c2ccc(C(F)(F)F)cc2)C1. The van der Waals surface area contributed by atoms with E-state index in [4.69, 9.17) is 10.8 Å². The Kier molecular flexibility index (Phi) is 5.11. The Morgan fingerprint density at radius 1 is 1.19 bits per heavy atom. The van der Waals surface area contributed by atoms with E-state index in [1.54, 1.807) is 0 Å². The van der Waals surface area contributed by atoms with Gasteiger partial charge in [-0.25, -0.2) is 0 Å². The number of aliphatic hydroxyl groups is 1. The highest BCUT2D eigenvalue weighted by Gasteiger charge is 2.31. The van der Waals surface area contributed by atoms with E-state index in [1.165, 1.54) is 12.1 Å². The molecule has 0 radical (unpaired) electrons. The van der Waals surface area contributed by atoms with Gasteiger partial charge in [0.05, 0.1) is 5.56 Å². The molecule has 1 aromatic carbocycles. The quantitative estimate of drug-likeness (QED) is 0.899. The van der Waals surface area contributed by atoms with Crippen molar-refractivity contribution in [3.05, 3.63) is 29.8 Å². The van der Waals surface area contributed by atoms with Gasteiger partial charge < -0.3 is 15.7 Å². The number of rotatable bonds is 4. The van der Waals surface area contributed by atoms with E-state index in [0.717, 1.165) is 43.6 Å². The zero-order valence-electron chi connectivity index (χ0n) is 11.8. The Bertz CT molecular complexity index is 447. The van der Waals surface area contributed by atoms with E-state index in [0.29, 0.717) is 12.5 Å². The van der Waals surface area contributed by atoms with E-state index in [2.05, 4.69) is 0 Å². The summed E-state index contributed by atoms with van der Waals surface area (Å²) >= 11 is 0. The van der Waals surface area contributed by atoms with Gasteiger partial charge in [0.25, 0.3) is 0 Å². The van der Waals surface area contributed by atoms with Crippen LogP contribution in [0.4, 0.5) is 18.9 Å². The maximum absolute atomic E-state index is 12.6. The fraction of sp³-hybridized carbons (Fsp3) is 0.600. The van der Waals surface area contributed by atoms with Gasteiger partial charge in [0.15, 0.2) is 0 Å². The highest BCUT2D eigenvalue weighted by molar-refractivity contribution is 5.48. The molecule has 21 heavy (non-hydrogen) atoms. The maximum Gasteiger partial charge on any atom is 0.416 e. The second-order valence-electron chi connectivity index (χ2n) is 5.68. The zero-order chi connectivity index (χ0) is 15.5. The summed E-state index contributed by atoms with van der Waals surface area (Å²) in [7, 11) is 0. The molecule has 1 aromatic rings. The topological polar surface area (TPSA) is 49.5 Å². The lowest BCUT2D eigenvalue weighted by molar-refractivity contribution is -0.137. The van der Waals surface area contributed by atoms with Crippen LogP contribution in [-0.2, 0) is 6.18 Å². The first-order valence-corrected chi connectivity index (χ1v) is 7.19. The molecule has 0 aliphatic carbocycles. The van der Waals surface area contributed by atoms with Crippen LogP contribution in [0.25, 0.3) is 0 Å². The fourth-order valence-electron chi connectivity index (χ4n) is 2.91. The third-order valence-corrected chi connectivity index (χ3v) is 3.90. The van der Waals surface area contributed by atoms with E-state index >= 15 is 0 Å². The first-order chi connectivity index (χ1) is 9.90. The number of hydrogen-bond acceptors (Lipinski definition) is 3. The van der Waals surface area contributed by atoms with Crippen molar-refractivity contribution in [1.82, 2.24) is 0 Å². The first-order valence-electron chi connectivity index (χ1n) is 7.19. The van der Waals surface area contributed by atoms with Gasteiger partial charge in [-0.15, -0.1) is 0 Å². The van der Waals surface area contributed by atoms with E-state index in [9.17, 15) is 13.2 Å². The van der Waals surface area contributed by atoms with Crippen LogP contribution in [0.15, 0.2) is 24.3 Å². The molecule has 3 nitrogen and oxygen atoms in total. The van der Waals surface area contributed by atoms with Crippen LogP contribution in [-0.4, -0.2) is 30.8 Å². The molecule has 2 unspecified atom stereocenters. The number of benzene rings is 1. The highest BCUT2D eigenvalue weighted by Crippen LogP contribution is 2.31. The van der Waals surface area contributed by atoms with Crippen LogP contribution in [0, 0.1) is 5.92 Å². The number of nitrogens with zero attached hydrogens (tertiary/aromatic N) is 1. The molecule has 0 bridgehead atoms. The Morgan fingerprint density at radius 2 is 1.86 bits per heavy atom. The van der Waals surface area contributed by atoms with Crippen molar-refractivity contribution in [3.63, 3.8) is 0 Å². The molecule has 0 amide bonds. The molecule has 2 atom stereocenters. The van der Waals surface area contributed by atoms with Crippen LogP contribution in [0.3, 0.4) is 0 Å². The lowest BCUT2D eigenvalue weighted by Gasteiger charge is -2.38. The fourth-order valence-corrected chi connectivity index (χ4v) is 2.91. The van der Waals surface area contributed by atoms with Crippen molar-refractivity contribution >= 4 is 5.69 Å². The standard InChI is InChI=1S/C15H21F3N2O/c16-15(17,18)12-3-5-14(6-4-12)20-9-11(2-1-7-21)8-13(19)10-20/h3-6,11,13,21H,1-2,7-10,19H2. The number of alkyl halides is 3. The average molecular weight is 302 g/mol. The molecule has 6 heteroatoms. The zero-order valence-corrected chi connectivity index (χ0v) is 11.8. The van der Waals surface area contributed by atoms with Gasteiger partial charge in [0.1, 0.15) is 0 Å². The molecule has 2 rings (SSSR count). The summed E-state index contributed by atoms with van der Waals surface area (Å²) in [5.41, 5.74) is 6.18. The summed E-state index contributed by atoms with van der Waals surface area (Å²) in [6.45, 7) is 1.59. The summed E-state index contributed by atoms with van der Waals surface area (Å²) in [5, 5.41) is 8.90. The molecule has 1 fully saturated rings. The van der Waals surface area contributed by atoms with Crippen molar-refractivity contribution in [2.45, 2.75) is 31.5 Å². The molecule has 1 aliphatic heterocycles. The van der Waals surface area contributed by atoms with Crippen molar-refractivity contribution in [1.29, 1.82) is 0 Å². The van der Waals surface area contributed by atoms with Gasteiger partial charge >= 0.3 is 6.18 Å². The molecule has 1 saturated heterocycles. The Hall–Kier alpha value is -1.27. The average Bonchev–Trinajstić information content (AvgIpc) is 2.44. The van der Waals surface area contributed by atoms with E-state index in [1.807, 2.05) is 4.90 Å². The van der Waals surface area contributed by atoms with Gasteiger partial charge in [0.2, 0.25) is 0 Å². The number of piperidine rings is 1. The van der Waals surface area contributed by atoms with Gasteiger partial charge in [0, 0.05) is 31.4 Å².